The minimum Gasteiger partial charge on any atom is -0.309 e. The predicted octanol–water partition coefficient (Wildman–Crippen LogP) is 17.7. The van der Waals surface area contributed by atoms with Gasteiger partial charge in [0.1, 0.15) is 0 Å². The second-order valence-corrected chi connectivity index (χ2v) is 19.2. The summed E-state index contributed by atoms with van der Waals surface area (Å²) in [6.45, 7) is 0. The number of nitrogens with zero attached hydrogens (tertiary/aromatic N) is 3. The zero-order valence-electron chi connectivity index (χ0n) is 38.9. The zero-order valence-corrected chi connectivity index (χ0v) is 38.9. The summed E-state index contributed by atoms with van der Waals surface area (Å²) >= 11 is 0. The van der Waals surface area contributed by atoms with Crippen LogP contribution in [0.2, 0.25) is 0 Å². The molecule has 0 N–H and O–H groups in total. The molecule has 71 heavy (non-hydrogen) atoms. The van der Waals surface area contributed by atoms with E-state index in [0.717, 1.165) is 18.5 Å². The van der Waals surface area contributed by atoms with Crippen molar-refractivity contribution in [3.8, 4) is 61.6 Å². The van der Waals surface area contributed by atoms with Crippen molar-refractivity contribution in [2.24, 2.45) is 0 Å². The van der Waals surface area contributed by atoms with Crippen LogP contribution in [0.15, 0.2) is 249 Å². The molecule has 332 valence electrons. The van der Waals surface area contributed by atoms with Crippen LogP contribution < -0.4 is 0 Å². The molecule has 0 bridgehead atoms. The Morgan fingerprint density at radius 3 is 1.03 bits per heavy atom. The SMILES string of the molecule is c1ccc(-c2cc(-c3ccccc3)cc(-n3c4cc(-c5ccc6c(c5)c5ccccc5n6-c5ccccc5)cc5c4c4c(cc(-c6ccc7c(c6)c6ccccc6n7-c6ccccc6)cc43)CC5)c2)cc1. The van der Waals surface area contributed by atoms with Crippen LogP contribution >= 0.6 is 0 Å². The number of rotatable bonds is 7. The van der Waals surface area contributed by atoms with Gasteiger partial charge in [0.05, 0.1) is 33.1 Å². The number of hydrogen-bond donors (Lipinski definition) is 0. The van der Waals surface area contributed by atoms with Gasteiger partial charge in [-0.25, -0.2) is 0 Å². The highest BCUT2D eigenvalue weighted by Crippen LogP contribution is 2.46. The molecule has 1 aliphatic rings. The fourth-order valence-corrected chi connectivity index (χ4v) is 12.1. The fraction of sp³-hybridized carbons (Fsp3) is 0.0294. The average molecular weight is 904 g/mol. The smallest absolute Gasteiger partial charge is 0.0550 e. The van der Waals surface area contributed by atoms with Gasteiger partial charge < -0.3 is 13.7 Å². The Hall–Kier alpha value is -9.18. The first kappa shape index (κ1) is 39.8. The number of para-hydroxylation sites is 4. The minimum absolute atomic E-state index is 0.971. The molecular weight excluding hydrogens is 859 g/mol. The Morgan fingerprint density at radius 2 is 0.577 bits per heavy atom. The van der Waals surface area contributed by atoms with E-state index in [4.69, 9.17) is 0 Å². The van der Waals surface area contributed by atoms with Gasteiger partial charge >= 0.3 is 0 Å². The van der Waals surface area contributed by atoms with Crippen molar-refractivity contribution < 1.29 is 0 Å². The highest BCUT2D eigenvalue weighted by atomic mass is 15.0. The lowest BCUT2D eigenvalue weighted by Gasteiger charge is -2.16. The largest absolute Gasteiger partial charge is 0.309 e. The third kappa shape index (κ3) is 6.23. The lowest BCUT2D eigenvalue weighted by molar-refractivity contribution is 0.970. The number of aromatic nitrogens is 3. The standard InChI is InChI=1S/C68H45N3/c1-5-17-44(18-6-1)50-37-51(45-19-7-2-8-20-45)39-56(38-50)71-65-42-52(46-31-33-63-59(40-46)57-25-13-15-27-61(57)69(63)54-21-9-3-10-22-54)35-48-29-30-49-36-53(43-66(71)68(49)67(48)65)47-32-34-64-60(41-47)58-26-14-16-28-62(58)70(64)55-23-11-4-12-24-55/h1-28,31-43H,29-30H2. The summed E-state index contributed by atoms with van der Waals surface area (Å²) in [7, 11) is 0. The molecule has 3 heteroatoms. The van der Waals surface area contributed by atoms with Crippen LogP contribution in [0, 0.1) is 0 Å². The molecule has 1 aliphatic carbocycles. The Morgan fingerprint density at radius 1 is 0.211 bits per heavy atom. The summed E-state index contributed by atoms with van der Waals surface area (Å²) in [5.41, 5.74) is 23.4. The van der Waals surface area contributed by atoms with Gasteiger partial charge in [-0.3, -0.25) is 0 Å². The van der Waals surface area contributed by atoms with Crippen LogP contribution in [0.25, 0.3) is 127 Å². The molecular formula is C68H45N3. The maximum atomic E-state index is 2.59. The van der Waals surface area contributed by atoms with Gasteiger partial charge in [-0.1, -0.05) is 158 Å². The van der Waals surface area contributed by atoms with Crippen LogP contribution in [-0.4, -0.2) is 13.7 Å². The monoisotopic (exact) mass is 903 g/mol. The van der Waals surface area contributed by atoms with Crippen LogP contribution in [0.4, 0.5) is 0 Å². The molecule has 0 saturated carbocycles. The van der Waals surface area contributed by atoms with E-state index in [1.807, 2.05) is 0 Å². The molecule has 14 aromatic rings. The third-order valence-electron chi connectivity index (χ3n) is 15.2. The molecule has 0 fully saturated rings. The van der Waals surface area contributed by atoms with E-state index in [1.165, 1.54) is 132 Å². The van der Waals surface area contributed by atoms with Crippen molar-refractivity contribution >= 4 is 65.4 Å². The second kappa shape index (κ2) is 15.7. The number of aryl methyl sites for hydroxylation is 2. The summed E-state index contributed by atoms with van der Waals surface area (Å²) in [5, 5.41) is 7.77. The Balaban J connectivity index is 0.995. The first-order valence-corrected chi connectivity index (χ1v) is 24.8. The van der Waals surface area contributed by atoms with E-state index in [1.54, 1.807) is 0 Å². The van der Waals surface area contributed by atoms with E-state index in [-0.39, 0.29) is 0 Å². The molecule has 0 spiro atoms. The van der Waals surface area contributed by atoms with E-state index < -0.39 is 0 Å². The average Bonchev–Trinajstić information content (AvgIpc) is 4.09. The number of benzene rings is 11. The Bertz CT molecular complexity index is 4140. The van der Waals surface area contributed by atoms with Crippen LogP contribution in [0.1, 0.15) is 11.1 Å². The van der Waals surface area contributed by atoms with E-state index in [0.29, 0.717) is 0 Å². The number of hydrogen-bond acceptors (Lipinski definition) is 0. The van der Waals surface area contributed by atoms with Crippen molar-refractivity contribution in [2.75, 3.05) is 0 Å². The van der Waals surface area contributed by atoms with E-state index >= 15 is 0 Å². The maximum Gasteiger partial charge on any atom is 0.0550 e. The molecule has 0 atom stereocenters. The predicted molar refractivity (Wildman–Crippen MR) is 299 cm³/mol. The molecule has 0 radical (unpaired) electrons. The van der Waals surface area contributed by atoms with E-state index in [2.05, 4.69) is 262 Å². The van der Waals surface area contributed by atoms with Crippen molar-refractivity contribution in [2.45, 2.75) is 12.8 Å². The molecule has 0 saturated heterocycles. The van der Waals surface area contributed by atoms with Crippen molar-refractivity contribution in [1.29, 1.82) is 0 Å². The van der Waals surface area contributed by atoms with E-state index in [9.17, 15) is 0 Å². The first-order chi connectivity index (χ1) is 35.2. The highest BCUT2D eigenvalue weighted by molar-refractivity contribution is 6.17. The number of fused-ring (bicyclic) bond motifs is 6. The van der Waals surface area contributed by atoms with Gasteiger partial charge in [0, 0.05) is 49.4 Å². The third-order valence-corrected chi connectivity index (χ3v) is 15.2. The molecule has 3 heterocycles. The topological polar surface area (TPSA) is 14.8 Å². The van der Waals surface area contributed by atoms with Gasteiger partial charge in [-0.15, -0.1) is 0 Å². The van der Waals surface area contributed by atoms with Crippen molar-refractivity contribution in [1.82, 2.24) is 13.7 Å². The molecule has 15 rings (SSSR count). The van der Waals surface area contributed by atoms with Crippen LogP contribution in [0.5, 0.6) is 0 Å². The van der Waals surface area contributed by atoms with Crippen LogP contribution in [-0.2, 0) is 12.8 Å². The molecule has 3 aromatic heterocycles. The Labute approximate surface area is 411 Å². The molecule has 11 aromatic carbocycles. The highest BCUT2D eigenvalue weighted by Gasteiger charge is 2.26. The van der Waals surface area contributed by atoms with Gasteiger partial charge in [0.25, 0.3) is 0 Å². The summed E-state index contributed by atoms with van der Waals surface area (Å²) in [4.78, 5) is 0. The lowest BCUT2D eigenvalue weighted by Crippen LogP contribution is -2.00. The minimum atomic E-state index is 0.971. The van der Waals surface area contributed by atoms with Crippen LogP contribution in [0.3, 0.4) is 0 Å². The molecule has 0 amide bonds. The summed E-state index contributed by atoms with van der Waals surface area (Å²) in [6.07, 6.45) is 1.94. The van der Waals surface area contributed by atoms with Crippen molar-refractivity contribution in [3.63, 3.8) is 0 Å². The van der Waals surface area contributed by atoms with Gasteiger partial charge in [-0.2, -0.15) is 0 Å². The van der Waals surface area contributed by atoms with Gasteiger partial charge in [0.15, 0.2) is 0 Å². The first-order valence-electron chi connectivity index (χ1n) is 24.8. The summed E-state index contributed by atoms with van der Waals surface area (Å²) < 4.78 is 7.40. The van der Waals surface area contributed by atoms with Crippen molar-refractivity contribution in [3.05, 3.63) is 260 Å². The quantitative estimate of drug-likeness (QED) is 0.151. The fourth-order valence-electron chi connectivity index (χ4n) is 12.1. The summed E-state index contributed by atoms with van der Waals surface area (Å²) in [5.74, 6) is 0. The Kier molecular flexibility index (Phi) is 8.78. The van der Waals surface area contributed by atoms with Gasteiger partial charge in [0.2, 0.25) is 0 Å². The lowest BCUT2D eigenvalue weighted by atomic mass is 9.87. The van der Waals surface area contributed by atoms with Gasteiger partial charge in [-0.05, 0) is 159 Å². The summed E-state index contributed by atoms with van der Waals surface area (Å²) in [6, 6.07) is 92.2. The normalized spacial score (nSPS) is 12.4. The molecule has 0 aliphatic heterocycles. The maximum absolute atomic E-state index is 2.59. The molecule has 3 nitrogen and oxygen atoms in total. The second-order valence-electron chi connectivity index (χ2n) is 19.2. The molecule has 0 unspecified atom stereocenters. The zero-order chi connectivity index (χ0) is 46.6.